The molecule has 1 aliphatic heterocycles. The van der Waals surface area contributed by atoms with Gasteiger partial charge in [0.2, 0.25) is 0 Å². The number of benzene rings is 4. The molecule has 0 amide bonds. The number of fused-ring (bicyclic) bond motifs is 8. The van der Waals surface area contributed by atoms with Gasteiger partial charge in [0.25, 0.3) is 0 Å². The number of rotatable bonds is 1. The lowest BCUT2D eigenvalue weighted by Crippen LogP contribution is -2.05. The summed E-state index contributed by atoms with van der Waals surface area (Å²) < 4.78 is 6.14. The molecule has 0 atom stereocenters. The number of aromatic nitrogens is 4. The minimum atomic E-state index is 0.524. The Morgan fingerprint density at radius 3 is 2.31 bits per heavy atom. The van der Waals surface area contributed by atoms with Crippen LogP contribution in [-0.2, 0) is 6.61 Å². The van der Waals surface area contributed by atoms with Gasteiger partial charge in [0, 0.05) is 16.3 Å². The fraction of sp³-hybridized carbons (Fsp3) is 0.111. The molecule has 7 rings (SSSR count). The molecule has 6 aromatic rings. The van der Waals surface area contributed by atoms with Gasteiger partial charge in [-0.2, -0.15) is 0 Å². The number of aromatic amines is 2. The average molecular weight is 416 g/mol. The van der Waals surface area contributed by atoms with Crippen molar-refractivity contribution in [1.82, 2.24) is 19.9 Å². The summed E-state index contributed by atoms with van der Waals surface area (Å²) in [4.78, 5) is 16.0. The Hall–Kier alpha value is -4.12. The lowest BCUT2D eigenvalue weighted by Gasteiger charge is -2.19. The summed E-state index contributed by atoms with van der Waals surface area (Å²) in [6, 6.07) is 21.7. The van der Waals surface area contributed by atoms with E-state index in [1.165, 1.54) is 21.9 Å². The Morgan fingerprint density at radius 2 is 1.47 bits per heavy atom. The molecule has 0 saturated carbocycles. The van der Waals surface area contributed by atoms with Crippen LogP contribution in [0.25, 0.3) is 55.0 Å². The number of aryl methyl sites for hydroxylation is 2. The molecule has 2 N–H and O–H groups in total. The van der Waals surface area contributed by atoms with E-state index in [0.29, 0.717) is 6.61 Å². The summed E-state index contributed by atoms with van der Waals surface area (Å²) in [7, 11) is 0. The third-order valence-electron chi connectivity index (χ3n) is 6.40. The first kappa shape index (κ1) is 17.5. The van der Waals surface area contributed by atoms with Crippen molar-refractivity contribution in [2.45, 2.75) is 20.5 Å². The maximum absolute atomic E-state index is 6.14. The van der Waals surface area contributed by atoms with Crippen LogP contribution in [0.1, 0.15) is 17.3 Å². The number of nitrogens with zero attached hydrogens (tertiary/aromatic N) is 2. The molecule has 154 valence electrons. The van der Waals surface area contributed by atoms with E-state index in [2.05, 4.69) is 80.6 Å². The van der Waals surface area contributed by atoms with Crippen molar-refractivity contribution >= 4 is 32.6 Å². The standard InChI is InChI=1S/C27H20N4O/c1-14-28-23-10-6-18-11-16(3-7-20(18)25(23)30-14)17-4-8-21-19(12-17)5-9-22-26-24(13-32-27(21)22)29-15(2)31-26/h3-12H,13H2,1-2H3,(H,28,30)(H,29,31). The predicted octanol–water partition coefficient (Wildman–Crippen LogP) is 6.44. The van der Waals surface area contributed by atoms with Gasteiger partial charge < -0.3 is 14.7 Å². The monoisotopic (exact) mass is 416 g/mol. The Kier molecular flexibility index (Phi) is 3.40. The first-order valence-corrected chi connectivity index (χ1v) is 10.8. The van der Waals surface area contributed by atoms with Crippen molar-refractivity contribution in [2.75, 3.05) is 0 Å². The number of nitrogens with one attached hydrogen (secondary N) is 2. The van der Waals surface area contributed by atoms with Crippen LogP contribution < -0.4 is 4.74 Å². The molecule has 0 spiro atoms. The molecular formula is C27H20N4O. The van der Waals surface area contributed by atoms with Gasteiger partial charge in [0.05, 0.1) is 22.4 Å². The lowest BCUT2D eigenvalue weighted by atomic mass is 9.95. The Morgan fingerprint density at radius 1 is 0.750 bits per heavy atom. The summed E-state index contributed by atoms with van der Waals surface area (Å²) in [6.45, 7) is 4.49. The molecule has 32 heavy (non-hydrogen) atoms. The highest BCUT2D eigenvalue weighted by Gasteiger charge is 2.22. The molecule has 3 heterocycles. The van der Waals surface area contributed by atoms with Gasteiger partial charge in [-0.3, -0.25) is 0 Å². The van der Waals surface area contributed by atoms with E-state index in [1.807, 2.05) is 13.8 Å². The van der Waals surface area contributed by atoms with E-state index in [0.717, 1.165) is 56.2 Å². The topological polar surface area (TPSA) is 66.6 Å². The molecule has 0 saturated heterocycles. The quantitative estimate of drug-likeness (QED) is 0.324. The highest BCUT2D eigenvalue weighted by atomic mass is 16.5. The third kappa shape index (κ3) is 2.45. The average Bonchev–Trinajstić information content (AvgIpc) is 3.39. The van der Waals surface area contributed by atoms with E-state index >= 15 is 0 Å². The van der Waals surface area contributed by atoms with Crippen molar-refractivity contribution in [3.63, 3.8) is 0 Å². The Bertz CT molecular complexity index is 1710. The fourth-order valence-electron chi connectivity index (χ4n) is 4.94. The van der Waals surface area contributed by atoms with E-state index in [4.69, 9.17) is 4.74 Å². The van der Waals surface area contributed by atoms with Crippen LogP contribution in [0.15, 0.2) is 60.7 Å². The molecular weight excluding hydrogens is 396 g/mol. The summed E-state index contributed by atoms with van der Waals surface area (Å²) >= 11 is 0. The van der Waals surface area contributed by atoms with E-state index in [1.54, 1.807) is 0 Å². The normalized spacial score (nSPS) is 12.8. The minimum Gasteiger partial charge on any atom is -0.486 e. The second kappa shape index (κ2) is 6.20. The van der Waals surface area contributed by atoms with Crippen molar-refractivity contribution < 1.29 is 4.74 Å². The molecule has 0 radical (unpaired) electrons. The molecule has 0 unspecified atom stereocenters. The van der Waals surface area contributed by atoms with Crippen LogP contribution in [0.2, 0.25) is 0 Å². The highest BCUT2D eigenvalue weighted by molar-refractivity contribution is 6.06. The first-order chi connectivity index (χ1) is 15.6. The highest BCUT2D eigenvalue weighted by Crippen LogP contribution is 2.42. The second-order valence-corrected chi connectivity index (χ2v) is 8.54. The lowest BCUT2D eigenvalue weighted by molar-refractivity contribution is 0.301. The van der Waals surface area contributed by atoms with Crippen molar-refractivity contribution in [1.29, 1.82) is 0 Å². The van der Waals surface area contributed by atoms with Gasteiger partial charge in [-0.05, 0) is 60.0 Å². The maximum atomic E-state index is 6.14. The first-order valence-electron chi connectivity index (χ1n) is 10.8. The zero-order chi connectivity index (χ0) is 21.4. The van der Waals surface area contributed by atoms with Crippen molar-refractivity contribution in [2.24, 2.45) is 0 Å². The van der Waals surface area contributed by atoms with Crippen LogP contribution in [0.3, 0.4) is 0 Å². The van der Waals surface area contributed by atoms with Gasteiger partial charge in [0.15, 0.2) is 0 Å². The van der Waals surface area contributed by atoms with Crippen molar-refractivity contribution in [3.05, 3.63) is 78.0 Å². The third-order valence-corrected chi connectivity index (χ3v) is 6.40. The summed E-state index contributed by atoms with van der Waals surface area (Å²) in [5.41, 5.74) is 7.59. The summed E-state index contributed by atoms with van der Waals surface area (Å²) in [6.07, 6.45) is 0. The van der Waals surface area contributed by atoms with Crippen LogP contribution >= 0.6 is 0 Å². The Labute approximate surface area is 184 Å². The van der Waals surface area contributed by atoms with Crippen LogP contribution in [0.5, 0.6) is 5.75 Å². The zero-order valence-corrected chi connectivity index (χ0v) is 17.8. The molecule has 5 nitrogen and oxygen atoms in total. The molecule has 0 fully saturated rings. The van der Waals surface area contributed by atoms with Crippen molar-refractivity contribution in [3.8, 4) is 28.1 Å². The van der Waals surface area contributed by atoms with E-state index in [9.17, 15) is 0 Å². The Balaban J connectivity index is 1.36. The number of hydrogen-bond acceptors (Lipinski definition) is 3. The largest absolute Gasteiger partial charge is 0.486 e. The van der Waals surface area contributed by atoms with Crippen LogP contribution in [0.4, 0.5) is 0 Å². The molecule has 0 bridgehead atoms. The SMILES string of the molecule is Cc1nc2c([nH]1)COc1c-2ccc2cc(-c3ccc4c(ccc5[nH]c(C)nc54)c3)ccc12. The smallest absolute Gasteiger partial charge is 0.137 e. The number of hydrogen-bond donors (Lipinski definition) is 2. The second-order valence-electron chi connectivity index (χ2n) is 8.54. The number of H-pyrrole nitrogens is 2. The maximum Gasteiger partial charge on any atom is 0.137 e. The van der Waals surface area contributed by atoms with Crippen LogP contribution in [-0.4, -0.2) is 19.9 Å². The van der Waals surface area contributed by atoms with Gasteiger partial charge in [0.1, 0.15) is 24.0 Å². The minimum absolute atomic E-state index is 0.524. The predicted molar refractivity (Wildman–Crippen MR) is 128 cm³/mol. The molecule has 0 aliphatic carbocycles. The molecule has 2 aromatic heterocycles. The number of ether oxygens (including phenoxy) is 1. The van der Waals surface area contributed by atoms with Crippen LogP contribution in [0, 0.1) is 13.8 Å². The summed E-state index contributed by atoms with van der Waals surface area (Å²) in [5.74, 6) is 2.78. The van der Waals surface area contributed by atoms with Gasteiger partial charge >= 0.3 is 0 Å². The zero-order valence-electron chi connectivity index (χ0n) is 17.8. The number of imidazole rings is 2. The van der Waals surface area contributed by atoms with Gasteiger partial charge in [-0.25, -0.2) is 9.97 Å². The molecule has 5 heteroatoms. The summed E-state index contributed by atoms with van der Waals surface area (Å²) in [5, 5.41) is 4.64. The van der Waals surface area contributed by atoms with E-state index < -0.39 is 0 Å². The van der Waals surface area contributed by atoms with E-state index in [-0.39, 0.29) is 0 Å². The molecule has 1 aliphatic rings. The van der Waals surface area contributed by atoms with Gasteiger partial charge in [-0.15, -0.1) is 0 Å². The molecule has 4 aromatic carbocycles. The van der Waals surface area contributed by atoms with Gasteiger partial charge in [-0.1, -0.05) is 36.4 Å². The fourth-order valence-corrected chi connectivity index (χ4v) is 4.94.